The van der Waals surface area contributed by atoms with Crippen molar-refractivity contribution in [2.75, 3.05) is 23.7 Å². The number of halogens is 1. The molecule has 0 aliphatic rings. The molecule has 1 N–H and O–H groups in total. The molecule has 8 nitrogen and oxygen atoms in total. The minimum atomic E-state index is -3.85. The molecule has 2 atom stereocenters. The van der Waals surface area contributed by atoms with Crippen molar-refractivity contribution < 1.29 is 22.7 Å². The van der Waals surface area contributed by atoms with Gasteiger partial charge in [-0.15, -0.1) is 0 Å². The number of carbonyl (C=O) groups excluding carboxylic acids is 2. The van der Waals surface area contributed by atoms with Crippen molar-refractivity contribution >= 4 is 39.1 Å². The Balaban J connectivity index is 2.43. The van der Waals surface area contributed by atoms with Crippen LogP contribution in [-0.2, 0) is 26.2 Å². The second-order valence-corrected chi connectivity index (χ2v) is 10.7. The maximum Gasteiger partial charge on any atom is 0.244 e. The smallest absolute Gasteiger partial charge is 0.244 e. The Kier molecular flexibility index (Phi) is 10.4. The minimum absolute atomic E-state index is 0.0707. The highest BCUT2D eigenvalue weighted by molar-refractivity contribution is 7.92. The first-order chi connectivity index (χ1) is 16.5. The van der Waals surface area contributed by atoms with Gasteiger partial charge in [0.05, 0.1) is 18.6 Å². The van der Waals surface area contributed by atoms with Gasteiger partial charge in [0.1, 0.15) is 18.3 Å². The Bertz CT molecular complexity index is 1130. The summed E-state index contributed by atoms with van der Waals surface area (Å²) in [4.78, 5) is 27.9. The van der Waals surface area contributed by atoms with Crippen LogP contribution in [0.3, 0.4) is 0 Å². The average Bonchev–Trinajstić information content (AvgIpc) is 2.80. The number of carbonyl (C=O) groups is 2. The Labute approximate surface area is 213 Å². The van der Waals surface area contributed by atoms with Gasteiger partial charge in [0.15, 0.2) is 0 Å². The molecular formula is C25H34ClN3O5S. The standard InChI is InChI=1S/C25H34ClN3O5S/c1-6-18(3)27-25(31)19(4)28(16-20-11-10-12-21(26)15-20)24(30)17-29(35(5,32)33)22-13-8-9-14-23(22)34-7-2/h8-15,18-19H,6-7,16-17H2,1-5H3,(H,27,31)/t18-,19-/m0/s1. The summed E-state index contributed by atoms with van der Waals surface area (Å²) in [7, 11) is -3.85. The fraction of sp³-hybridized carbons (Fsp3) is 0.440. The number of hydrogen-bond donors (Lipinski definition) is 1. The molecule has 0 saturated carbocycles. The molecule has 0 aromatic heterocycles. The van der Waals surface area contributed by atoms with Crippen molar-refractivity contribution in [2.24, 2.45) is 0 Å². The van der Waals surface area contributed by atoms with E-state index in [-0.39, 0.29) is 24.2 Å². The van der Waals surface area contributed by atoms with E-state index in [0.717, 1.165) is 22.5 Å². The summed E-state index contributed by atoms with van der Waals surface area (Å²) in [5.74, 6) is -0.513. The fourth-order valence-electron chi connectivity index (χ4n) is 3.42. The number of ether oxygens (including phenoxy) is 1. The van der Waals surface area contributed by atoms with Crippen LogP contribution in [0.2, 0.25) is 5.02 Å². The van der Waals surface area contributed by atoms with E-state index in [2.05, 4.69) is 5.32 Å². The molecule has 2 aromatic rings. The zero-order chi connectivity index (χ0) is 26.2. The van der Waals surface area contributed by atoms with Crippen molar-refractivity contribution in [1.29, 1.82) is 0 Å². The van der Waals surface area contributed by atoms with Gasteiger partial charge in [-0.05, 0) is 57.0 Å². The van der Waals surface area contributed by atoms with E-state index < -0.39 is 28.5 Å². The van der Waals surface area contributed by atoms with Crippen molar-refractivity contribution in [1.82, 2.24) is 10.2 Å². The van der Waals surface area contributed by atoms with Crippen LogP contribution in [0.15, 0.2) is 48.5 Å². The molecule has 2 amide bonds. The van der Waals surface area contributed by atoms with Gasteiger partial charge in [-0.3, -0.25) is 13.9 Å². The number of rotatable bonds is 12. The highest BCUT2D eigenvalue weighted by atomic mass is 35.5. The number of nitrogens with zero attached hydrogens (tertiary/aromatic N) is 2. The quantitative estimate of drug-likeness (QED) is 0.456. The second kappa shape index (κ2) is 12.8. The van der Waals surface area contributed by atoms with E-state index in [9.17, 15) is 18.0 Å². The van der Waals surface area contributed by atoms with Crippen LogP contribution in [0, 0.1) is 0 Å². The number of nitrogens with one attached hydrogen (secondary N) is 1. The van der Waals surface area contributed by atoms with Crippen LogP contribution >= 0.6 is 11.6 Å². The Morgan fingerprint density at radius 1 is 1.09 bits per heavy atom. The van der Waals surface area contributed by atoms with Gasteiger partial charge >= 0.3 is 0 Å². The number of benzene rings is 2. The molecule has 192 valence electrons. The third-order valence-corrected chi connectivity index (χ3v) is 6.88. The Morgan fingerprint density at radius 3 is 2.37 bits per heavy atom. The van der Waals surface area contributed by atoms with Gasteiger partial charge in [-0.25, -0.2) is 8.42 Å². The molecule has 0 heterocycles. The van der Waals surface area contributed by atoms with Crippen LogP contribution in [0.1, 0.15) is 39.7 Å². The molecule has 0 bridgehead atoms. The Morgan fingerprint density at radius 2 is 1.77 bits per heavy atom. The van der Waals surface area contributed by atoms with Crippen molar-refractivity contribution in [3.63, 3.8) is 0 Å². The molecule has 0 unspecified atom stereocenters. The summed E-state index contributed by atoms with van der Waals surface area (Å²) in [6, 6.07) is 12.7. The topological polar surface area (TPSA) is 96.0 Å². The number of hydrogen-bond acceptors (Lipinski definition) is 5. The first-order valence-electron chi connectivity index (χ1n) is 11.5. The van der Waals surface area contributed by atoms with Gasteiger partial charge in [0, 0.05) is 17.6 Å². The van der Waals surface area contributed by atoms with Crippen LogP contribution in [0.5, 0.6) is 5.75 Å². The van der Waals surface area contributed by atoms with E-state index in [1.54, 1.807) is 62.4 Å². The van der Waals surface area contributed by atoms with Gasteiger partial charge < -0.3 is 15.0 Å². The number of para-hydroxylation sites is 2. The number of anilines is 1. The van der Waals surface area contributed by atoms with E-state index >= 15 is 0 Å². The highest BCUT2D eigenvalue weighted by Gasteiger charge is 2.31. The third kappa shape index (κ3) is 8.14. The van der Waals surface area contributed by atoms with Crippen molar-refractivity contribution in [3.8, 4) is 5.75 Å². The largest absolute Gasteiger partial charge is 0.492 e. The summed E-state index contributed by atoms with van der Waals surface area (Å²) in [6.07, 6.45) is 1.76. The molecule has 0 aliphatic carbocycles. The van der Waals surface area contributed by atoms with Gasteiger partial charge in [-0.1, -0.05) is 42.8 Å². The fourth-order valence-corrected chi connectivity index (χ4v) is 4.48. The summed E-state index contributed by atoms with van der Waals surface area (Å²) in [5, 5.41) is 3.39. The van der Waals surface area contributed by atoms with Crippen LogP contribution in [0.25, 0.3) is 0 Å². The number of sulfonamides is 1. The maximum absolute atomic E-state index is 13.6. The molecule has 35 heavy (non-hydrogen) atoms. The van der Waals surface area contributed by atoms with Crippen LogP contribution in [0.4, 0.5) is 5.69 Å². The van der Waals surface area contributed by atoms with E-state index in [4.69, 9.17) is 16.3 Å². The molecule has 0 saturated heterocycles. The Hall–Kier alpha value is -2.78. The second-order valence-electron chi connectivity index (χ2n) is 8.32. The molecule has 0 spiro atoms. The van der Waals surface area contributed by atoms with E-state index in [1.807, 2.05) is 13.8 Å². The zero-order valence-corrected chi connectivity index (χ0v) is 22.4. The summed E-state index contributed by atoms with van der Waals surface area (Å²) >= 11 is 6.12. The average molecular weight is 524 g/mol. The highest BCUT2D eigenvalue weighted by Crippen LogP contribution is 2.30. The molecule has 0 radical (unpaired) electrons. The third-order valence-electron chi connectivity index (χ3n) is 5.52. The van der Waals surface area contributed by atoms with Crippen LogP contribution < -0.4 is 14.4 Å². The first-order valence-corrected chi connectivity index (χ1v) is 13.7. The lowest BCUT2D eigenvalue weighted by Gasteiger charge is -2.32. The lowest BCUT2D eigenvalue weighted by molar-refractivity contribution is -0.139. The molecule has 0 aliphatic heterocycles. The predicted octanol–water partition coefficient (Wildman–Crippen LogP) is 3.84. The van der Waals surface area contributed by atoms with Gasteiger partial charge in [0.2, 0.25) is 21.8 Å². The van der Waals surface area contributed by atoms with Gasteiger partial charge in [0.25, 0.3) is 0 Å². The number of amides is 2. The maximum atomic E-state index is 13.6. The lowest BCUT2D eigenvalue weighted by atomic mass is 10.1. The lowest BCUT2D eigenvalue weighted by Crippen LogP contribution is -2.52. The van der Waals surface area contributed by atoms with Gasteiger partial charge in [-0.2, -0.15) is 0 Å². The summed E-state index contributed by atoms with van der Waals surface area (Å²) in [5.41, 5.74) is 0.972. The molecule has 0 fully saturated rings. The summed E-state index contributed by atoms with van der Waals surface area (Å²) in [6.45, 7) is 7.16. The van der Waals surface area contributed by atoms with E-state index in [0.29, 0.717) is 17.4 Å². The van der Waals surface area contributed by atoms with E-state index in [1.165, 1.54) is 4.90 Å². The molecule has 2 rings (SSSR count). The predicted molar refractivity (Wildman–Crippen MR) is 139 cm³/mol. The minimum Gasteiger partial charge on any atom is -0.492 e. The van der Waals surface area contributed by atoms with Crippen molar-refractivity contribution in [2.45, 2.75) is 52.7 Å². The zero-order valence-electron chi connectivity index (χ0n) is 20.8. The summed E-state index contributed by atoms with van der Waals surface area (Å²) < 4.78 is 32.1. The molecule has 2 aromatic carbocycles. The van der Waals surface area contributed by atoms with Crippen LogP contribution in [-0.4, -0.2) is 56.6 Å². The molecule has 10 heteroatoms. The monoisotopic (exact) mass is 523 g/mol. The first kappa shape index (κ1) is 28.5. The van der Waals surface area contributed by atoms with Crippen molar-refractivity contribution in [3.05, 3.63) is 59.1 Å². The normalized spacial score (nSPS) is 13.0. The SMILES string of the molecule is CCOc1ccccc1N(CC(=O)N(Cc1cccc(Cl)c1)[C@@H](C)C(=O)N[C@@H](C)CC)S(C)(=O)=O. The molecular weight excluding hydrogens is 490 g/mol.